The number of carboxylic acid groups (broad SMARTS) is 1. The van der Waals surface area contributed by atoms with Crippen LogP contribution >= 0.6 is 0 Å². The Labute approximate surface area is 122 Å². The van der Waals surface area contributed by atoms with Gasteiger partial charge in [-0.15, -0.1) is 0 Å². The van der Waals surface area contributed by atoms with E-state index in [-0.39, 0.29) is 12.1 Å². The average Bonchev–Trinajstić information content (AvgIpc) is 2.46. The van der Waals surface area contributed by atoms with Crippen LogP contribution in [0.5, 0.6) is 0 Å². The lowest BCUT2D eigenvalue weighted by Gasteiger charge is -2.14. The van der Waals surface area contributed by atoms with Gasteiger partial charge in [0.05, 0.1) is 5.56 Å². The number of hydrogen-bond donors (Lipinski definition) is 2. The van der Waals surface area contributed by atoms with E-state index in [1.807, 2.05) is 43.3 Å². The number of aromatic carboxylic acids is 1. The van der Waals surface area contributed by atoms with Gasteiger partial charge in [0.15, 0.2) is 0 Å². The monoisotopic (exact) mass is 288 g/mol. The zero-order valence-electron chi connectivity index (χ0n) is 11.9. The molecule has 2 aromatic rings. The summed E-state index contributed by atoms with van der Waals surface area (Å²) in [6.07, 6.45) is 0. The van der Waals surface area contributed by atoms with Crippen molar-refractivity contribution in [1.29, 1.82) is 0 Å². The molecule has 0 aliphatic carbocycles. The van der Waals surface area contributed by atoms with E-state index in [0.717, 1.165) is 11.4 Å². The Morgan fingerprint density at radius 3 is 2.67 bits per heavy atom. The van der Waals surface area contributed by atoms with Gasteiger partial charge in [-0.05, 0) is 36.4 Å². The molecule has 110 valence electrons. The lowest BCUT2D eigenvalue weighted by molar-refractivity contribution is 0.0696. The topological polar surface area (TPSA) is 52.6 Å². The first kappa shape index (κ1) is 14.8. The molecule has 0 fully saturated rings. The van der Waals surface area contributed by atoms with Crippen molar-refractivity contribution in [2.45, 2.75) is 6.54 Å². The SMILES string of the molecule is CN(C)c1cccc(NCc2cc(C(=O)O)ccc2F)c1. The van der Waals surface area contributed by atoms with E-state index in [1.165, 1.54) is 18.2 Å². The number of carbonyl (C=O) groups is 1. The molecule has 21 heavy (non-hydrogen) atoms. The normalized spacial score (nSPS) is 10.2. The second-order valence-electron chi connectivity index (χ2n) is 4.91. The zero-order valence-corrected chi connectivity index (χ0v) is 11.9. The minimum atomic E-state index is -1.06. The minimum Gasteiger partial charge on any atom is -0.478 e. The number of rotatable bonds is 5. The Morgan fingerprint density at radius 1 is 1.24 bits per heavy atom. The second kappa shape index (κ2) is 6.26. The molecule has 4 nitrogen and oxygen atoms in total. The molecule has 0 bridgehead atoms. The molecular formula is C16H17FN2O2. The van der Waals surface area contributed by atoms with Crippen LogP contribution in [0.3, 0.4) is 0 Å². The smallest absolute Gasteiger partial charge is 0.335 e. The molecule has 5 heteroatoms. The van der Waals surface area contributed by atoms with Crippen LogP contribution in [0.15, 0.2) is 42.5 Å². The summed E-state index contributed by atoms with van der Waals surface area (Å²) in [5.74, 6) is -1.48. The molecule has 0 heterocycles. The molecule has 0 aliphatic rings. The van der Waals surface area contributed by atoms with Crippen LogP contribution in [-0.4, -0.2) is 25.2 Å². The van der Waals surface area contributed by atoms with Gasteiger partial charge in [-0.25, -0.2) is 9.18 Å². The number of carboxylic acids is 1. The van der Waals surface area contributed by atoms with Gasteiger partial charge < -0.3 is 15.3 Å². The standard InChI is InChI=1S/C16H17FN2O2/c1-19(2)14-5-3-4-13(9-14)18-10-12-8-11(16(20)21)6-7-15(12)17/h3-9,18H,10H2,1-2H3,(H,20,21). The van der Waals surface area contributed by atoms with Crippen LogP contribution in [0, 0.1) is 5.82 Å². The van der Waals surface area contributed by atoms with Crippen LogP contribution in [-0.2, 0) is 6.54 Å². The number of nitrogens with one attached hydrogen (secondary N) is 1. The van der Waals surface area contributed by atoms with Crippen LogP contribution in [0.25, 0.3) is 0 Å². The van der Waals surface area contributed by atoms with Crippen LogP contribution < -0.4 is 10.2 Å². The predicted octanol–water partition coefficient (Wildman–Crippen LogP) is 3.20. The van der Waals surface area contributed by atoms with E-state index >= 15 is 0 Å². The third-order valence-corrected chi connectivity index (χ3v) is 3.14. The molecule has 0 radical (unpaired) electrons. The van der Waals surface area contributed by atoms with Gasteiger partial charge in [-0.2, -0.15) is 0 Å². The van der Waals surface area contributed by atoms with Gasteiger partial charge >= 0.3 is 5.97 Å². The maximum atomic E-state index is 13.7. The average molecular weight is 288 g/mol. The van der Waals surface area contributed by atoms with E-state index in [9.17, 15) is 9.18 Å². The number of benzene rings is 2. The number of halogens is 1. The van der Waals surface area contributed by atoms with Gasteiger partial charge in [-0.1, -0.05) is 6.07 Å². The summed E-state index contributed by atoms with van der Waals surface area (Å²) < 4.78 is 13.7. The molecule has 0 amide bonds. The van der Waals surface area contributed by atoms with Crippen molar-refractivity contribution in [2.24, 2.45) is 0 Å². The van der Waals surface area contributed by atoms with Crippen molar-refractivity contribution >= 4 is 17.3 Å². The fourth-order valence-corrected chi connectivity index (χ4v) is 1.93. The molecule has 0 aliphatic heterocycles. The fraction of sp³-hybridized carbons (Fsp3) is 0.188. The largest absolute Gasteiger partial charge is 0.478 e. The van der Waals surface area contributed by atoms with Gasteiger partial charge in [0.25, 0.3) is 0 Å². The van der Waals surface area contributed by atoms with Crippen LogP contribution in [0.2, 0.25) is 0 Å². The molecule has 0 unspecified atom stereocenters. The van der Waals surface area contributed by atoms with E-state index in [4.69, 9.17) is 5.11 Å². The number of nitrogens with zero attached hydrogens (tertiary/aromatic N) is 1. The molecule has 2 N–H and O–H groups in total. The van der Waals surface area contributed by atoms with Gasteiger partial charge in [-0.3, -0.25) is 0 Å². The maximum Gasteiger partial charge on any atom is 0.335 e. The van der Waals surface area contributed by atoms with Crippen molar-refractivity contribution in [2.75, 3.05) is 24.3 Å². The Morgan fingerprint density at radius 2 is 2.00 bits per heavy atom. The highest BCUT2D eigenvalue weighted by Gasteiger charge is 2.08. The van der Waals surface area contributed by atoms with Gasteiger partial charge in [0.1, 0.15) is 5.82 Å². The van der Waals surface area contributed by atoms with E-state index in [0.29, 0.717) is 5.56 Å². The third kappa shape index (κ3) is 3.72. The molecular weight excluding hydrogens is 271 g/mol. The first-order valence-corrected chi connectivity index (χ1v) is 6.50. The Bertz CT molecular complexity index is 656. The summed E-state index contributed by atoms with van der Waals surface area (Å²) in [5, 5.41) is 12.0. The molecule has 0 spiro atoms. The number of anilines is 2. The van der Waals surface area contributed by atoms with Crippen LogP contribution in [0.1, 0.15) is 15.9 Å². The van der Waals surface area contributed by atoms with E-state index < -0.39 is 11.8 Å². The summed E-state index contributed by atoms with van der Waals surface area (Å²) in [6.45, 7) is 0.226. The summed E-state index contributed by atoms with van der Waals surface area (Å²) in [5.41, 5.74) is 2.28. The Kier molecular flexibility index (Phi) is 4.42. The lowest BCUT2D eigenvalue weighted by Crippen LogP contribution is -2.09. The van der Waals surface area contributed by atoms with E-state index in [2.05, 4.69) is 5.32 Å². The van der Waals surface area contributed by atoms with Crippen molar-refractivity contribution in [3.05, 3.63) is 59.4 Å². The highest BCUT2D eigenvalue weighted by atomic mass is 19.1. The maximum absolute atomic E-state index is 13.7. The fourth-order valence-electron chi connectivity index (χ4n) is 1.93. The summed E-state index contributed by atoms with van der Waals surface area (Å²) in [6, 6.07) is 11.5. The van der Waals surface area contributed by atoms with Gasteiger partial charge in [0.2, 0.25) is 0 Å². The molecule has 2 rings (SSSR count). The van der Waals surface area contributed by atoms with Crippen molar-refractivity contribution < 1.29 is 14.3 Å². The highest BCUT2D eigenvalue weighted by Crippen LogP contribution is 2.19. The number of hydrogen-bond acceptors (Lipinski definition) is 3. The first-order chi connectivity index (χ1) is 9.97. The first-order valence-electron chi connectivity index (χ1n) is 6.50. The second-order valence-corrected chi connectivity index (χ2v) is 4.91. The summed E-state index contributed by atoms with van der Waals surface area (Å²) >= 11 is 0. The quantitative estimate of drug-likeness (QED) is 0.887. The van der Waals surface area contributed by atoms with E-state index in [1.54, 1.807) is 0 Å². The van der Waals surface area contributed by atoms with Gasteiger partial charge in [0, 0.05) is 37.6 Å². The molecule has 0 aromatic heterocycles. The summed E-state index contributed by atoms with van der Waals surface area (Å²) in [7, 11) is 3.88. The lowest BCUT2D eigenvalue weighted by atomic mass is 10.1. The third-order valence-electron chi connectivity index (χ3n) is 3.14. The molecule has 0 saturated heterocycles. The molecule has 2 aromatic carbocycles. The minimum absolute atomic E-state index is 0.0789. The highest BCUT2D eigenvalue weighted by molar-refractivity contribution is 5.87. The molecule has 0 saturated carbocycles. The van der Waals surface area contributed by atoms with Crippen molar-refractivity contribution in [1.82, 2.24) is 0 Å². The molecule has 0 atom stereocenters. The van der Waals surface area contributed by atoms with Crippen molar-refractivity contribution in [3.8, 4) is 0 Å². The van der Waals surface area contributed by atoms with Crippen molar-refractivity contribution in [3.63, 3.8) is 0 Å². The predicted molar refractivity (Wildman–Crippen MR) is 81.5 cm³/mol. The Balaban J connectivity index is 2.14. The zero-order chi connectivity index (χ0) is 15.4. The van der Waals surface area contributed by atoms with Crippen LogP contribution in [0.4, 0.5) is 15.8 Å². The Hall–Kier alpha value is -2.56. The summed E-state index contributed by atoms with van der Waals surface area (Å²) in [4.78, 5) is 12.9.